The van der Waals surface area contributed by atoms with Crippen molar-refractivity contribution in [2.75, 3.05) is 129 Å². The molecule has 0 bridgehead atoms. The Hall–Kier alpha value is -4.94. The number of piperidine rings is 2. The number of aliphatic hydroxyl groups excluding tert-OH is 1. The Morgan fingerprint density at radius 3 is 1.40 bits per heavy atom. The van der Waals surface area contributed by atoms with Crippen LogP contribution in [0.25, 0.3) is 22.3 Å². The van der Waals surface area contributed by atoms with Crippen LogP contribution in [0.3, 0.4) is 0 Å². The zero-order valence-electron chi connectivity index (χ0n) is 36.7. The molecular weight excluding hydrogens is 765 g/mol. The summed E-state index contributed by atoms with van der Waals surface area (Å²) in [5.74, 6) is 1.03. The third-order valence-corrected chi connectivity index (χ3v) is 12.6. The maximum atomic E-state index is 11.6. The van der Waals surface area contributed by atoms with Crippen molar-refractivity contribution < 1.29 is 19.5 Å². The summed E-state index contributed by atoms with van der Waals surface area (Å²) < 4.78 is 14.4. The average molecular weight is 831 g/mol. The number of anilines is 3. The fourth-order valence-corrected chi connectivity index (χ4v) is 9.05. The van der Waals surface area contributed by atoms with E-state index in [2.05, 4.69) is 59.8 Å². The van der Waals surface area contributed by atoms with Crippen molar-refractivity contribution >= 4 is 22.7 Å². The van der Waals surface area contributed by atoms with Gasteiger partial charge in [-0.15, -0.1) is 0 Å². The molecule has 0 radical (unpaired) electrons. The van der Waals surface area contributed by atoms with E-state index in [1.165, 1.54) is 51.8 Å². The van der Waals surface area contributed by atoms with Crippen LogP contribution in [0, 0.1) is 10.1 Å². The highest BCUT2D eigenvalue weighted by Gasteiger charge is 2.31. The number of nitrogen functional groups attached to an aromatic ring is 1. The van der Waals surface area contributed by atoms with Gasteiger partial charge in [0.2, 0.25) is 0 Å². The number of aryl methyl sites for hydroxylation is 2. The number of aromatic nitrogens is 4. The van der Waals surface area contributed by atoms with Crippen LogP contribution < -0.4 is 25.0 Å². The van der Waals surface area contributed by atoms with Gasteiger partial charge in [-0.2, -0.15) is 10.2 Å². The number of methoxy groups -OCH3 is 2. The predicted octanol–water partition coefficient (Wildman–Crippen LogP) is 3.72. The van der Waals surface area contributed by atoms with E-state index in [4.69, 9.17) is 20.3 Å². The number of nitro groups is 1. The molecule has 4 fully saturated rings. The van der Waals surface area contributed by atoms with Crippen LogP contribution in [0.5, 0.6) is 11.5 Å². The number of piperazine rings is 2. The molecule has 2 aromatic carbocycles. The normalized spacial score (nSPS) is 19.0. The molecule has 0 atom stereocenters. The lowest BCUT2D eigenvalue weighted by Gasteiger charge is -2.43. The van der Waals surface area contributed by atoms with E-state index in [-0.39, 0.29) is 10.6 Å². The maximum absolute atomic E-state index is 11.6. The number of ether oxygens (including phenoxy) is 2. The van der Waals surface area contributed by atoms with Gasteiger partial charge in [-0.05, 0) is 45.8 Å². The van der Waals surface area contributed by atoms with Crippen molar-refractivity contribution in [1.29, 1.82) is 0 Å². The van der Waals surface area contributed by atoms with Crippen LogP contribution in [-0.2, 0) is 14.1 Å². The molecule has 328 valence electrons. The van der Waals surface area contributed by atoms with Gasteiger partial charge in [-0.1, -0.05) is 0 Å². The molecule has 0 saturated carbocycles. The van der Waals surface area contributed by atoms with Crippen LogP contribution in [0.2, 0.25) is 0 Å². The van der Waals surface area contributed by atoms with Crippen LogP contribution in [-0.4, -0.2) is 175 Å². The maximum Gasteiger partial charge on any atom is 0.311 e. The number of hydrogen-bond donors (Lipinski definition) is 2. The largest absolute Gasteiger partial charge is 0.495 e. The lowest BCUT2D eigenvalue weighted by Crippen LogP contribution is -2.52. The summed E-state index contributed by atoms with van der Waals surface area (Å²) in [5.41, 5.74) is 13.0. The molecule has 60 heavy (non-hydrogen) atoms. The molecule has 17 heteroatoms. The van der Waals surface area contributed by atoms with Crippen LogP contribution in [0.15, 0.2) is 49.1 Å². The Morgan fingerprint density at radius 2 is 1.03 bits per heavy atom. The van der Waals surface area contributed by atoms with Gasteiger partial charge in [0, 0.05) is 176 Å². The fraction of sp³-hybridized carbons (Fsp3) is 0.581. The van der Waals surface area contributed by atoms with Crippen molar-refractivity contribution in [3.05, 3.63) is 59.2 Å². The predicted molar refractivity (Wildman–Crippen MR) is 238 cm³/mol. The van der Waals surface area contributed by atoms with Crippen molar-refractivity contribution in [3.63, 3.8) is 0 Å². The lowest BCUT2D eigenvalue weighted by molar-refractivity contribution is -0.385. The smallest absolute Gasteiger partial charge is 0.311 e. The Bertz CT molecular complexity index is 1990. The van der Waals surface area contributed by atoms with Crippen LogP contribution >= 0.6 is 0 Å². The first-order valence-corrected chi connectivity index (χ1v) is 21.1. The third kappa shape index (κ3) is 10.5. The number of nitro benzene ring substituents is 1. The minimum atomic E-state index is -0.387. The fourth-order valence-electron chi connectivity index (χ4n) is 9.05. The topological polar surface area (TPSA) is 163 Å². The summed E-state index contributed by atoms with van der Waals surface area (Å²) in [6.07, 6.45) is 12.2. The van der Waals surface area contributed by atoms with Gasteiger partial charge in [0.15, 0.2) is 5.75 Å². The first kappa shape index (κ1) is 44.6. The van der Waals surface area contributed by atoms with Gasteiger partial charge in [0.05, 0.1) is 37.2 Å². The van der Waals surface area contributed by atoms with Gasteiger partial charge in [0.25, 0.3) is 0 Å². The number of likely N-dealkylation sites (N-methyl/N-ethyl adjacent to an activating group) is 2. The molecule has 4 aromatic rings. The number of benzene rings is 2. The highest BCUT2D eigenvalue weighted by molar-refractivity contribution is 5.84. The van der Waals surface area contributed by atoms with Gasteiger partial charge in [-0.25, -0.2) is 0 Å². The SMILES string of the molecule is CO.COc1cc(N2CCC(N3CCN(C)CC3)CC2)c(-c2cnn(C)c2)cc1N.COc1cc(N2CCC(N3CCN(C)CC3)CC2)c(-c2cnn(C)c2)cc1[N+](=O)[O-]. The highest BCUT2D eigenvalue weighted by atomic mass is 16.6. The quantitative estimate of drug-likeness (QED) is 0.143. The molecule has 17 nitrogen and oxygen atoms in total. The molecule has 8 rings (SSSR count). The van der Waals surface area contributed by atoms with E-state index in [1.807, 2.05) is 49.5 Å². The molecule has 4 aliphatic rings. The van der Waals surface area contributed by atoms with E-state index < -0.39 is 0 Å². The summed E-state index contributed by atoms with van der Waals surface area (Å²) in [6, 6.07) is 8.86. The first-order chi connectivity index (χ1) is 29.0. The number of rotatable bonds is 9. The van der Waals surface area contributed by atoms with Crippen molar-refractivity contribution in [2.24, 2.45) is 14.1 Å². The van der Waals surface area contributed by atoms with E-state index >= 15 is 0 Å². The summed E-state index contributed by atoms with van der Waals surface area (Å²) in [7, 11) is 12.4. The zero-order valence-corrected chi connectivity index (χ0v) is 36.7. The number of hydrogen-bond acceptors (Lipinski definition) is 14. The second-order valence-corrected chi connectivity index (χ2v) is 16.3. The van der Waals surface area contributed by atoms with Crippen LogP contribution in [0.4, 0.5) is 22.7 Å². The molecule has 4 aliphatic heterocycles. The summed E-state index contributed by atoms with van der Waals surface area (Å²) in [6.45, 7) is 13.2. The Balaban J connectivity index is 0.000000194. The highest BCUT2D eigenvalue weighted by Crippen LogP contribution is 2.42. The van der Waals surface area contributed by atoms with Crippen LogP contribution in [0.1, 0.15) is 25.7 Å². The Morgan fingerprint density at radius 1 is 0.633 bits per heavy atom. The first-order valence-electron chi connectivity index (χ1n) is 21.1. The molecule has 0 unspecified atom stereocenters. The number of aliphatic hydroxyl groups is 1. The third-order valence-electron chi connectivity index (χ3n) is 12.6. The van der Waals surface area contributed by atoms with E-state index in [9.17, 15) is 10.1 Å². The van der Waals surface area contributed by atoms with E-state index in [0.29, 0.717) is 23.5 Å². The molecule has 2 aromatic heterocycles. The summed E-state index contributed by atoms with van der Waals surface area (Å²) >= 11 is 0. The van der Waals surface area contributed by atoms with Gasteiger partial charge in [-0.3, -0.25) is 29.3 Å². The molecule has 0 amide bonds. The van der Waals surface area contributed by atoms with E-state index in [0.717, 1.165) is 106 Å². The average Bonchev–Trinajstić information content (AvgIpc) is 3.92. The summed E-state index contributed by atoms with van der Waals surface area (Å²) in [5, 5.41) is 27.2. The Kier molecular flexibility index (Phi) is 15.3. The molecule has 0 spiro atoms. The summed E-state index contributed by atoms with van der Waals surface area (Å²) in [4.78, 5) is 26.1. The van der Waals surface area contributed by atoms with Crippen molar-refractivity contribution in [3.8, 4) is 33.8 Å². The van der Waals surface area contributed by atoms with Crippen molar-refractivity contribution in [1.82, 2.24) is 39.2 Å². The second kappa shape index (κ2) is 20.5. The van der Waals surface area contributed by atoms with Gasteiger partial charge < -0.3 is 39.9 Å². The van der Waals surface area contributed by atoms with E-state index in [1.54, 1.807) is 24.1 Å². The minimum absolute atomic E-state index is 0.0209. The molecule has 3 N–H and O–H groups in total. The van der Waals surface area contributed by atoms with Crippen molar-refractivity contribution in [2.45, 2.75) is 37.8 Å². The van der Waals surface area contributed by atoms with Gasteiger partial charge in [0.1, 0.15) is 5.75 Å². The Labute approximate surface area is 355 Å². The second-order valence-electron chi connectivity index (χ2n) is 16.3. The molecule has 4 saturated heterocycles. The standard InChI is InChI=1S/C21H30N6O3.C21H32N6O.CH4O/c1-23-8-10-25(11-9-23)17-4-6-26(7-5-17)19-13-21(30-3)20(27(28)29)12-18(19)16-14-22-24(2)15-16;1-24-8-10-26(11-9-24)17-4-6-27(7-5-17)20-13-21(28-3)19(22)12-18(20)16-14-23-25(2)15-16;1-2/h12-15,17H,4-11H2,1-3H3;12-15,17H,4-11,22H2,1-3H3;2H,1H3. The molecular formula is C43H66N12O5. The zero-order chi connectivity index (χ0) is 42.9. The molecule has 6 heterocycles. The monoisotopic (exact) mass is 831 g/mol. The van der Waals surface area contributed by atoms with Gasteiger partial charge >= 0.3 is 5.69 Å². The molecule has 0 aliphatic carbocycles. The number of nitrogens with zero attached hydrogens (tertiary/aromatic N) is 11. The number of nitrogens with two attached hydrogens (primary N) is 1. The minimum Gasteiger partial charge on any atom is -0.495 e. The lowest BCUT2D eigenvalue weighted by atomic mass is 9.98.